The molecule has 130 valence electrons. The third kappa shape index (κ3) is 3.72. The quantitative estimate of drug-likeness (QED) is 0.481. The highest BCUT2D eigenvalue weighted by Crippen LogP contribution is 2.30. The maximum absolute atomic E-state index is 12.2. The van der Waals surface area contributed by atoms with E-state index in [1.807, 2.05) is 51.1 Å². The van der Waals surface area contributed by atoms with Gasteiger partial charge in [0.2, 0.25) is 0 Å². The van der Waals surface area contributed by atoms with E-state index in [1.165, 1.54) is 11.3 Å². The van der Waals surface area contributed by atoms with Crippen LogP contribution in [0.5, 0.6) is 5.75 Å². The van der Waals surface area contributed by atoms with Crippen molar-refractivity contribution in [1.29, 1.82) is 0 Å². The lowest BCUT2D eigenvalue weighted by atomic mass is 10.1. The predicted molar refractivity (Wildman–Crippen MR) is 102 cm³/mol. The molecular formula is C18H20N4O2S. The smallest absolute Gasteiger partial charge is 0.262 e. The van der Waals surface area contributed by atoms with E-state index in [0.717, 1.165) is 32.7 Å². The molecule has 4 N–H and O–H groups in total. The predicted octanol–water partition coefficient (Wildman–Crippen LogP) is 3.52. The van der Waals surface area contributed by atoms with Crippen LogP contribution in [0, 0.1) is 20.8 Å². The summed E-state index contributed by atoms with van der Waals surface area (Å²) in [5, 5.41) is 3.51. The first-order chi connectivity index (χ1) is 12.0. The van der Waals surface area contributed by atoms with E-state index in [9.17, 15) is 4.79 Å². The van der Waals surface area contributed by atoms with Gasteiger partial charge in [0.05, 0.1) is 10.2 Å². The van der Waals surface area contributed by atoms with E-state index in [4.69, 9.17) is 10.6 Å². The molecule has 1 aromatic heterocycles. The molecule has 2 aromatic carbocycles. The number of nitrogen functional groups attached to an aromatic ring is 1. The SMILES string of the molecule is Cc1cccc(OCC(=O)Nc2cc(C)c3nc(NN)sc3c2)c1C. The van der Waals surface area contributed by atoms with Crippen LogP contribution in [0.25, 0.3) is 10.2 Å². The van der Waals surface area contributed by atoms with Crippen LogP contribution in [0.15, 0.2) is 30.3 Å². The molecule has 0 aliphatic heterocycles. The summed E-state index contributed by atoms with van der Waals surface area (Å²) in [7, 11) is 0. The second-order valence-electron chi connectivity index (χ2n) is 5.84. The summed E-state index contributed by atoms with van der Waals surface area (Å²) in [6.45, 7) is 5.90. The number of hydrogen-bond donors (Lipinski definition) is 3. The van der Waals surface area contributed by atoms with E-state index in [-0.39, 0.29) is 12.5 Å². The third-order valence-corrected chi connectivity index (χ3v) is 4.94. The molecule has 0 radical (unpaired) electrons. The number of hydrogen-bond acceptors (Lipinski definition) is 6. The van der Waals surface area contributed by atoms with Gasteiger partial charge in [0.25, 0.3) is 5.91 Å². The van der Waals surface area contributed by atoms with Crippen molar-refractivity contribution in [2.45, 2.75) is 20.8 Å². The van der Waals surface area contributed by atoms with Crippen LogP contribution in [-0.4, -0.2) is 17.5 Å². The molecule has 0 saturated heterocycles. The average Bonchev–Trinajstić information content (AvgIpc) is 3.00. The number of aromatic nitrogens is 1. The van der Waals surface area contributed by atoms with Gasteiger partial charge in [-0.05, 0) is 55.7 Å². The molecule has 3 rings (SSSR count). The maximum atomic E-state index is 12.2. The zero-order chi connectivity index (χ0) is 18.0. The topological polar surface area (TPSA) is 89.3 Å². The Morgan fingerprint density at radius 1 is 1.24 bits per heavy atom. The number of rotatable bonds is 5. The highest BCUT2D eigenvalue weighted by atomic mass is 32.1. The summed E-state index contributed by atoms with van der Waals surface area (Å²) in [5.41, 5.74) is 7.29. The highest BCUT2D eigenvalue weighted by molar-refractivity contribution is 7.22. The number of fused-ring (bicyclic) bond motifs is 1. The molecule has 6 nitrogen and oxygen atoms in total. The van der Waals surface area contributed by atoms with Gasteiger partial charge in [-0.2, -0.15) is 0 Å². The molecule has 1 heterocycles. The molecule has 25 heavy (non-hydrogen) atoms. The van der Waals surface area contributed by atoms with Crippen LogP contribution in [0.1, 0.15) is 16.7 Å². The minimum atomic E-state index is -0.207. The molecule has 3 aromatic rings. The summed E-state index contributed by atoms with van der Waals surface area (Å²) >= 11 is 1.44. The Balaban J connectivity index is 1.70. The zero-order valence-corrected chi connectivity index (χ0v) is 15.2. The van der Waals surface area contributed by atoms with Gasteiger partial charge in [0, 0.05) is 5.69 Å². The van der Waals surface area contributed by atoms with Gasteiger partial charge in [-0.15, -0.1) is 0 Å². The van der Waals surface area contributed by atoms with Gasteiger partial charge in [0.1, 0.15) is 5.75 Å². The monoisotopic (exact) mass is 356 g/mol. The molecule has 1 amide bonds. The van der Waals surface area contributed by atoms with Gasteiger partial charge in [-0.1, -0.05) is 23.5 Å². The van der Waals surface area contributed by atoms with Gasteiger partial charge in [-0.25, -0.2) is 10.8 Å². The van der Waals surface area contributed by atoms with Crippen molar-refractivity contribution in [3.05, 3.63) is 47.0 Å². The number of carbonyl (C=O) groups is 1. The fourth-order valence-electron chi connectivity index (χ4n) is 2.55. The van der Waals surface area contributed by atoms with E-state index in [1.54, 1.807) is 0 Å². The van der Waals surface area contributed by atoms with Crippen LogP contribution in [0.2, 0.25) is 0 Å². The van der Waals surface area contributed by atoms with Crippen molar-refractivity contribution in [2.75, 3.05) is 17.3 Å². The van der Waals surface area contributed by atoms with Gasteiger partial charge in [0.15, 0.2) is 11.7 Å². The first-order valence-electron chi connectivity index (χ1n) is 7.84. The zero-order valence-electron chi connectivity index (χ0n) is 14.3. The lowest BCUT2D eigenvalue weighted by Crippen LogP contribution is -2.20. The lowest BCUT2D eigenvalue weighted by Gasteiger charge is -2.11. The largest absolute Gasteiger partial charge is 0.483 e. The van der Waals surface area contributed by atoms with Crippen LogP contribution >= 0.6 is 11.3 Å². The number of thiazole rings is 1. The number of nitrogens with two attached hydrogens (primary N) is 1. The minimum absolute atomic E-state index is 0.0420. The summed E-state index contributed by atoms with van der Waals surface area (Å²) in [6, 6.07) is 9.57. The van der Waals surface area contributed by atoms with Crippen molar-refractivity contribution in [2.24, 2.45) is 5.84 Å². The van der Waals surface area contributed by atoms with Gasteiger partial charge < -0.3 is 10.1 Å². The summed E-state index contributed by atoms with van der Waals surface area (Å²) in [6.07, 6.45) is 0. The Bertz CT molecular complexity index is 936. The standard InChI is InChI=1S/C18H20N4O2S/c1-10-5-4-6-14(12(10)3)24-9-16(23)20-13-7-11(2)17-15(8-13)25-18(21-17)22-19/h4-8H,9,19H2,1-3H3,(H,20,23)(H,21,22). The van der Waals surface area contributed by atoms with Gasteiger partial charge in [-0.3, -0.25) is 10.2 Å². The number of nitrogens with one attached hydrogen (secondary N) is 2. The van der Waals surface area contributed by atoms with Crippen molar-refractivity contribution in [1.82, 2.24) is 4.98 Å². The molecule has 0 unspecified atom stereocenters. The fraction of sp³-hybridized carbons (Fsp3) is 0.222. The van der Waals surface area contributed by atoms with E-state index < -0.39 is 0 Å². The molecule has 7 heteroatoms. The Morgan fingerprint density at radius 2 is 2.04 bits per heavy atom. The highest BCUT2D eigenvalue weighted by Gasteiger charge is 2.10. The third-order valence-electron chi connectivity index (χ3n) is 4.01. The number of anilines is 2. The van der Waals surface area contributed by atoms with E-state index in [2.05, 4.69) is 15.7 Å². The molecule has 0 aliphatic carbocycles. The summed E-state index contributed by atoms with van der Waals surface area (Å²) < 4.78 is 6.60. The number of aryl methyl sites for hydroxylation is 2. The minimum Gasteiger partial charge on any atom is -0.483 e. The Hall–Kier alpha value is -2.64. The van der Waals surface area contributed by atoms with E-state index in [0.29, 0.717) is 10.8 Å². The number of amides is 1. The molecule has 0 fully saturated rings. The van der Waals surface area contributed by atoms with Crippen molar-refractivity contribution in [3.8, 4) is 5.75 Å². The number of carbonyl (C=O) groups excluding carboxylic acids is 1. The fourth-order valence-corrected chi connectivity index (χ4v) is 3.44. The first kappa shape index (κ1) is 17.2. The molecule has 0 saturated carbocycles. The van der Waals surface area contributed by atoms with Crippen molar-refractivity contribution < 1.29 is 9.53 Å². The molecule has 0 bridgehead atoms. The summed E-state index contributed by atoms with van der Waals surface area (Å²) in [5.74, 6) is 5.93. The Morgan fingerprint density at radius 3 is 2.80 bits per heavy atom. The van der Waals surface area contributed by atoms with Crippen molar-refractivity contribution in [3.63, 3.8) is 0 Å². The van der Waals surface area contributed by atoms with Crippen LogP contribution in [0.4, 0.5) is 10.8 Å². The average molecular weight is 356 g/mol. The second kappa shape index (κ2) is 7.08. The molecule has 0 spiro atoms. The lowest BCUT2D eigenvalue weighted by molar-refractivity contribution is -0.118. The number of benzene rings is 2. The van der Waals surface area contributed by atoms with Crippen LogP contribution in [-0.2, 0) is 4.79 Å². The normalized spacial score (nSPS) is 10.7. The number of hydrazine groups is 1. The maximum Gasteiger partial charge on any atom is 0.262 e. The molecule has 0 aliphatic rings. The summed E-state index contributed by atoms with van der Waals surface area (Å²) in [4.78, 5) is 16.6. The Kier molecular flexibility index (Phi) is 4.87. The second-order valence-corrected chi connectivity index (χ2v) is 6.87. The van der Waals surface area contributed by atoms with Crippen LogP contribution < -0.4 is 21.3 Å². The number of nitrogens with zero attached hydrogens (tertiary/aromatic N) is 1. The first-order valence-corrected chi connectivity index (χ1v) is 8.66. The van der Waals surface area contributed by atoms with Crippen LogP contribution in [0.3, 0.4) is 0 Å². The molecular weight excluding hydrogens is 336 g/mol. The van der Waals surface area contributed by atoms with E-state index >= 15 is 0 Å². The van der Waals surface area contributed by atoms with Crippen molar-refractivity contribution >= 4 is 38.3 Å². The van der Waals surface area contributed by atoms with Gasteiger partial charge >= 0.3 is 0 Å². The Labute approximate surface area is 150 Å². The molecule has 0 atom stereocenters. The number of ether oxygens (including phenoxy) is 1.